The summed E-state index contributed by atoms with van der Waals surface area (Å²) in [6.07, 6.45) is 0. The van der Waals surface area contributed by atoms with E-state index in [9.17, 15) is 0 Å². The fourth-order valence-electron chi connectivity index (χ4n) is 0.588. The summed E-state index contributed by atoms with van der Waals surface area (Å²) in [4.78, 5) is 4.14. The van der Waals surface area contributed by atoms with Crippen LogP contribution in [-0.2, 0) is 0 Å². The first-order valence-corrected chi connectivity index (χ1v) is 3.94. The Kier molecular flexibility index (Phi) is 2.29. The van der Waals surface area contributed by atoms with Crippen LogP contribution in [0.4, 0.5) is 0 Å². The molecular weight excluding hydrogens is 248 g/mol. The fraction of sp³-hybridized carbons (Fsp3) is 0.167. The van der Waals surface area contributed by atoms with Gasteiger partial charge in [-0.2, -0.15) is 0 Å². The highest BCUT2D eigenvalue weighted by Gasteiger charge is 1.92. The van der Waals surface area contributed by atoms with E-state index in [4.69, 9.17) is 11.6 Å². The van der Waals surface area contributed by atoms with Crippen molar-refractivity contribution < 1.29 is 0 Å². The summed E-state index contributed by atoms with van der Waals surface area (Å²) in [6.45, 7) is 1.92. The third-order valence-corrected chi connectivity index (χ3v) is 1.66. The Morgan fingerprint density at radius 1 is 1.56 bits per heavy atom. The van der Waals surface area contributed by atoms with Crippen molar-refractivity contribution in [3.63, 3.8) is 0 Å². The van der Waals surface area contributed by atoms with Gasteiger partial charge in [0, 0.05) is 10.7 Å². The van der Waals surface area contributed by atoms with Crippen LogP contribution in [0.25, 0.3) is 0 Å². The first-order chi connectivity index (χ1) is 4.18. The van der Waals surface area contributed by atoms with E-state index < -0.39 is 0 Å². The third-order valence-electron chi connectivity index (χ3n) is 0.887. The molecule has 1 nitrogen and oxygen atoms in total. The normalized spacial score (nSPS) is 9.67. The zero-order valence-electron chi connectivity index (χ0n) is 4.86. The van der Waals surface area contributed by atoms with Crippen LogP contribution in [-0.4, -0.2) is 4.98 Å². The lowest BCUT2D eigenvalue weighted by molar-refractivity contribution is 1.16. The van der Waals surface area contributed by atoms with E-state index in [0.29, 0.717) is 0 Å². The van der Waals surface area contributed by atoms with Crippen LogP contribution >= 0.6 is 34.2 Å². The van der Waals surface area contributed by atoms with E-state index in [1.165, 1.54) is 0 Å². The van der Waals surface area contributed by atoms with Crippen molar-refractivity contribution in [1.82, 2.24) is 4.98 Å². The number of aromatic nitrogens is 1. The predicted octanol–water partition coefficient (Wildman–Crippen LogP) is 2.65. The molecule has 9 heavy (non-hydrogen) atoms. The van der Waals surface area contributed by atoms with Crippen LogP contribution in [0.5, 0.6) is 0 Å². The van der Waals surface area contributed by atoms with Crippen LogP contribution in [0, 0.1) is 10.6 Å². The van der Waals surface area contributed by atoms with Gasteiger partial charge in [0.05, 0.1) is 0 Å². The zero-order chi connectivity index (χ0) is 6.85. The molecule has 3 heteroatoms. The Morgan fingerprint density at radius 3 is 2.67 bits per heavy atom. The lowest BCUT2D eigenvalue weighted by Crippen LogP contribution is -1.83. The van der Waals surface area contributed by atoms with Gasteiger partial charge in [-0.25, -0.2) is 4.98 Å². The first-order valence-electron chi connectivity index (χ1n) is 2.48. The van der Waals surface area contributed by atoms with Crippen LogP contribution < -0.4 is 0 Å². The number of hydrogen-bond acceptors (Lipinski definition) is 1. The zero-order valence-corrected chi connectivity index (χ0v) is 7.77. The molecule has 0 amide bonds. The van der Waals surface area contributed by atoms with E-state index in [2.05, 4.69) is 27.6 Å². The minimum atomic E-state index is 0.756. The maximum Gasteiger partial charge on any atom is 0.103 e. The molecule has 1 aromatic rings. The first kappa shape index (κ1) is 7.28. The molecule has 0 spiro atoms. The minimum Gasteiger partial charge on any atom is -0.247 e. The maximum atomic E-state index is 5.71. The molecule has 0 radical (unpaired) electrons. The van der Waals surface area contributed by atoms with Gasteiger partial charge in [-0.1, -0.05) is 11.6 Å². The average molecular weight is 253 g/mol. The van der Waals surface area contributed by atoms with Gasteiger partial charge in [-0.15, -0.1) is 0 Å². The monoisotopic (exact) mass is 253 g/mol. The van der Waals surface area contributed by atoms with Gasteiger partial charge >= 0.3 is 0 Å². The summed E-state index contributed by atoms with van der Waals surface area (Å²) in [5.41, 5.74) is 0.965. The molecule has 0 N–H and O–H groups in total. The number of pyridine rings is 1. The average Bonchev–Trinajstić information content (AvgIpc) is 1.59. The molecule has 0 unspecified atom stereocenters. The van der Waals surface area contributed by atoms with Gasteiger partial charge in [-0.3, -0.25) is 0 Å². The van der Waals surface area contributed by atoms with E-state index >= 15 is 0 Å². The van der Waals surface area contributed by atoms with Crippen LogP contribution in [0.3, 0.4) is 0 Å². The lowest BCUT2D eigenvalue weighted by atomic mass is 10.4. The molecule has 0 atom stereocenters. The highest BCUT2D eigenvalue weighted by molar-refractivity contribution is 14.1. The molecule has 1 heterocycles. The quantitative estimate of drug-likeness (QED) is 0.512. The van der Waals surface area contributed by atoms with Crippen molar-refractivity contribution in [2.24, 2.45) is 0 Å². The van der Waals surface area contributed by atoms with E-state index in [0.717, 1.165) is 14.4 Å². The second kappa shape index (κ2) is 2.84. The Balaban J connectivity index is 3.17. The van der Waals surface area contributed by atoms with Crippen molar-refractivity contribution in [1.29, 1.82) is 0 Å². The molecule has 0 fully saturated rings. The molecule has 0 aliphatic heterocycles. The van der Waals surface area contributed by atoms with Gasteiger partial charge in [0.2, 0.25) is 0 Å². The molecule has 0 saturated carbocycles. The Hall–Kier alpha value is 0.170. The molecule has 48 valence electrons. The molecule has 0 saturated heterocycles. The maximum absolute atomic E-state index is 5.71. The lowest BCUT2D eigenvalue weighted by Gasteiger charge is -1.93. The SMILES string of the molecule is Cc1cc(Cl)cc(I)n1. The largest absolute Gasteiger partial charge is 0.247 e. The number of halogens is 2. The molecule has 0 aromatic carbocycles. The summed E-state index contributed by atoms with van der Waals surface area (Å²) in [6, 6.07) is 3.67. The molecule has 0 bridgehead atoms. The molecular formula is C6H5ClIN. The van der Waals surface area contributed by atoms with E-state index in [-0.39, 0.29) is 0 Å². The van der Waals surface area contributed by atoms with Crippen LogP contribution in [0.2, 0.25) is 5.02 Å². The van der Waals surface area contributed by atoms with Gasteiger partial charge in [0.25, 0.3) is 0 Å². The number of nitrogens with zero attached hydrogens (tertiary/aromatic N) is 1. The van der Waals surface area contributed by atoms with Crippen molar-refractivity contribution in [2.45, 2.75) is 6.92 Å². The minimum absolute atomic E-state index is 0.756. The second-order valence-electron chi connectivity index (χ2n) is 1.75. The van der Waals surface area contributed by atoms with Gasteiger partial charge in [0.15, 0.2) is 0 Å². The van der Waals surface area contributed by atoms with Crippen LogP contribution in [0.15, 0.2) is 12.1 Å². The Bertz CT molecular complexity index is 174. The van der Waals surface area contributed by atoms with Crippen LogP contribution in [0.1, 0.15) is 5.69 Å². The summed E-state index contributed by atoms with van der Waals surface area (Å²) in [7, 11) is 0. The van der Waals surface area contributed by atoms with E-state index in [1.807, 2.05) is 19.1 Å². The predicted molar refractivity (Wildman–Crippen MR) is 46.7 cm³/mol. The summed E-state index contributed by atoms with van der Waals surface area (Å²) >= 11 is 7.84. The smallest absolute Gasteiger partial charge is 0.103 e. The highest BCUT2D eigenvalue weighted by atomic mass is 127. The number of aryl methyl sites for hydroxylation is 1. The second-order valence-corrected chi connectivity index (χ2v) is 3.29. The van der Waals surface area contributed by atoms with E-state index in [1.54, 1.807) is 0 Å². The number of hydrogen-bond donors (Lipinski definition) is 0. The van der Waals surface area contributed by atoms with Crippen molar-refractivity contribution in [3.8, 4) is 0 Å². The Labute approximate surface area is 72.6 Å². The summed E-state index contributed by atoms with van der Waals surface area (Å²) in [5.74, 6) is 0. The summed E-state index contributed by atoms with van der Waals surface area (Å²) in [5, 5.41) is 0.756. The Morgan fingerprint density at radius 2 is 2.22 bits per heavy atom. The standard InChI is InChI=1S/C6H5ClIN/c1-4-2-5(7)3-6(8)9-4/h2-3H,1H3. The molecule has 0 aliphatic rings. The molecule has 0 aliphatic carbocycles. The van der Waals surface area contributed by atoms with Gasteiger partial charge < -0.3 is 0 Å². The number of rotatable bonds is 0. The van der Waals surface area contributed by atoms with Gasteiger partial charge in [-0.05, 0) is 41.6 Å². The third kappa shape index (κ3) is 2.10. The van der Waals surface area contributed by atoms with Crippen molar-refractivity contribution in [3.05, 3.63) is 26.5 Å². The summed E-state index contributed by atoms with van der Waals surface area (Å²) < 4.78 is 0.942. The highest BCUT2D eigenvalue weighted by Crippen LogP contribution is 2.12. The fourth-order valence-corrected chi connectivity index (χ4v) is 1.75. The van der Waals surface area contributed by atoms with Gasteiger partial charge in [0.1, 0.15) is 3.70 Å². The molecule has 1 aromatic heterocycles. The van der Waals surface area contributed by atoms with Crippen molar-refractivity contribution >= 4 is 34.2 Å². The van der Waals surface area contributed by atoms with Crippen molar-refractivity contribution in [2.75, 3.05) is 0 Å². The topological polar surface area (TPSA) is 12.9 Å². The molecule has 1 rings (SSSR count).